The van der Waals surface area contributed by atoms with Gasteiger partial charge in [-0.1, -0.05) is 24.3 Å². The van der Waals surface area contributed by atoms with Crippen LogP contribution in [0.15, 0.2) is 58.3 Å². The average Bonchev–Trinajstić information content (AvgIpc) is 3.36. The highest BCUT2D eigenvalue weighted by molar-refractivity contribution is 7.98. The third-order valence-electron chi connectivity index (χ3n) is 6.07. The minimum Gasteiger partial charge on any atom is -0.302 e. The van der Waals surface area contributed by atoms with Crippen molar-refractivity contribution in [2.24, 2.45) is 5.92 Å². The number of benzene rings is 2. The van der Waals surface area contributed by atoms with Crippen LogP contribution in [-0.4, -0.2) is 43.0 Å². The average molecular weight is 486 g/mol. The molecule has 1 saturated heterocycles. The van der Waals surface area contributed by atoms with Gasteiger partial charge in [0.05, 0.1) is 10.6 Å². The zero-order valence-corrected chi connectivity index (χ0v) is 20.0. The summed E-state index contributed by atoms with van der Waals surface area (Å²) in [7, 11) is -3.54. The summed E-state index contributed by atoms with van der Waals surface area (Å²) in [4.78, 5) is 20.0. The van der Waals surface area contributed by atoms with Gasteiger partial charge in [0.1, 0.15) is 0 Å². The Labute approximate surface area is 196 Å². The molecular weight excluding hydrogens is 462 g/mol. The SMILES string of the molecule is CSc1ccc(S(=O)(=O)N2CCC(C(=O)Nc3nc4c(s3)Cc3ccccc3-4)CC2)cc1. The van der Waals surface area contributed by atoms with Gasteiger partial charge in [-0.3, -0.25) is 4.79 Å². The van der Waals surface area contributed by atoms with Crippen LogP contribution in [-0.2, 0) is 21.2 Å². The molecular formula is C23H23N3O3S3. The number of carbonyl (C=O) groups is 1. The molecule has 1 aromatic heterocycles. The van der Waals surface area contributed by atoms with Crippen molar-refractivity contribution in [2.45, 2.75) is 29.1 Å². The van der Waals surface area contributed by atoms with Crippen molar-refractivity contribution in [3.8, 4) is 11.3 Å². The van der Waals surface area contributed by atoms with Crippen LogP contribution in [0.3, 0.4) is 0 Å². The Hall–Kier alpha value is -2.20. The minimum atomic E-state index is -3.54. The van der Waals surface area contributed by atoms with Gasteiger partial charge in [-0.05, 0) is 48.9 Å². The van der Waals surface area contributed by atoms with Crippen molar-refractivity contribution < 1.29 is 13.2 Å². The van der Waals surface area contributed by atoms with Crippen LogP contribution in [0.25, 0.3) is 11.3 Å². The number of hydrogen-bond donors (Lipinski definition) is 1. The summed E-state index contributed by atoms with van der Waals surface area (Å²) in [6.45, 7) is 0.679. The summed E-state index contributed by atoms with van der Waals surface area (Å²) in [6, 6.07) is 15.2. The van der Waals surface area contributed by atoms with Gasteiger partial charge < -0.3 is 5.32 Å². The second-order valence-corrected chi connectivity index (χ2v) is 11.9. The number of piperidine rings is 1. The van der Waals surface area contributed by atoms with Crippen molar-refractivity contribution in [1.29, 1.82) is 0 Å². The lowest BCUT2D eigenvalue weighted by molar-refractivity contribution is -0.120. The number of nitrogens with one attached hydrogen (secondary N) is 1. The van der Waals surface area contributed by atoms with Crippen LogP contribution >= 0.6 is 23.1 Å². The third kappa shape index (κ3) is 3.98. The predicted octanol–water partition coefficient (Wildman–Crippen LogP) is 4.48. The van der Waals surface area contributed by atoms with E-state index in [2.05, 4.69) is 22.4 Å². The lowest BCUT2D eigenvalue weighted by Gasteiger charge is -2.30. The fourth-order valence-electron chi connectivity index (χ4n) is 4.28. The number of amides is 1. The van der Waals surface area contributed by atoms with Gasteiger partial charge in [0, 0.05) is 40.8 Å². The number of anilines is 1. The van der Waals surface area contributed by atoms with Gasteiger partial charge in [0.25, 0.3) is 0 Å². The van der Waals surface area contributed by atoms with Crippen LogP contribution in [0.1, 0.15) is 23.3 Å². The van der Waals surface area contributed by atoms with E-state index in [1.54, 1.807) is 23.9 Å². The van der Waals surface area contributed by atoms with Crippen molar-refractivity contribution >= 4 is 44.2 Å². The second kappa shape index (κ2) is 8.62. The molecule has 3 aromatic rings. The fourth-order valence-corrected chi connectivity index (χ4v) is 7.16. The summed E-state index contributed by atoms with van der Waals surface area (Å²) in [5.74, 6) is -0.293. The standard InChI is InChI=1S/C23H23N3O3S3/c1-30-17-6-8-18(9-7-17)32(28,29)26-12-10-15(11-13-26)22(27)25-23-24-21-19-5-3-2-4-16(19)14-20(21)31-23/h2-9,15H,10-14H2,1H3,(H,24,25,27). The highest BCUT2D eigenvalue weighted by Crippen LogP contribution is 2.41. The van der Waals surface area contributed by atoms with E-state index >= 15 is 0 Å². The Morgan fingerprint density at radius 2 is 1.84 bits per heavy atom. The van der Waals surface area contributed by atoms with E-state index in [4.69, 9.17) is 0 Å². The predicted molar refractivity (Wildman–Crippen MR) is 129 cm³/mol. The van der Waals surface area contributed by atoms with E-state index in [-0.39, 0.29) is 11.8 Å². The maximum absolute atomic E-state index is 12.9. The molecule has 1 aliphatic carbocycles. The highest BCUT2D eigenvalue weighted by Gasteiger charge is 2.33. The number of carbonyl (C=O) groups excluding carboxylic acids is 1. The first-order valence-electron chi connectivity index (χ1n) is 10.5. The molecule has 1 N–H and O–H groups in total. The monoisotopic (exact) mass is 485 g/mol. The van der Waals surface area contributed by atoms with E-state index < -0.39 is 10.0 Å². The fraction of sp³-hybridized carbons (Fsp3) is 0.304. The second-order valence-electron chi connectivity index (χ2n) is 7.97. The summed E-state index contributed by atoms with van der Waals surface area (Å²) in [5, 5.41) is 3.59. The van der Waals surface area contributed by atoms with Gasteiger partial charge in [-0.25, -0.2) is 13.4 Å². The summed E-state index contributed by atoms with van der Waals surface area (Å²) in [5.41, 5.74) is 3.38. The normalized spacial score (nSPS) is 16.5. The Bertz CT molecular complexity index is 1260. The van der Waals surface area contributed by atoms with Gasteiger partial charge in [0.15, 0.2) is 5.13 Å². The molecule has 2 aromatic carbocycles. The molecule has 0 unspecified atom stereocenters. The molecule has 5 rings (SSSR count). The Morgan fingerprint density at radius 1 is 1.12 bits per heavy atom. The van der Waals surface area contributed by atoms with E-state index in [0.29, 0.717) is 36.0 Å². The van der Waals surface area contributed by atoms with E-state index in [1.807, 2.05) is 30.5 Å². The molecule has 0 bridgehead atoms. The van der Waals surface area contributed by atoms with Gasteiger partial charge in [-0.15, -0.1) is 23.1 Å². The molecule has 0 saturated carbocycles. The van der Waals surface area contributed by atoms with E-state index in [1.165, 1.54) is 26.1 Å². The first-order valence-corrected chi connectivity index (χ1v) is 14.0. The van der Waals surface area contributed by atoms with Gasteiger partial charge >= 0.3 is 0 Å². The minimum absolute atomic E-state index is 0.0768. The molecule has 9 heteroatoms. The third-order valence-corrected chi connectivity index (χ3v) is 9.70. The van der Waals surface area contributed by atoms with E-state index in [9.17, 15) is 13.2 Å². The molecule has 0 atom stereocenters. The zero-order valence-electron chi connectivity index (χ0n) is 17.6. The number of nitrogens with zero attached hydrogens (tertiary/aromatic N) is 2. The van der Waals surface area contributed by atoms with Crippen molar-refractivity contribution in [2.75, 3.05) is 24.7 Å². The van der Waals surface area contributed by atoms with Gasteiger partial charge in [-0.2, -0.15) is 4.31 Å². The molecule has 2 aliphatic rings. The number of hydrogen-bond acceptors (Lipinski definition) is 6. The molecule has 0 spiro atoms. The molecule has 0 radical (unpaired) electrons. The first-order chi connectivity index (χ1) is 15.5. The number of rotatable bonds is 5. The summed E-state index contributed by atoms with van der Waals surface area (Å²) >= 11 is 3.10. The smallest absolute Gasteiger partial charge is 0.243 e. The lowest BCUT2D eigenvalue weighted by atomic mass is 9.97. The molecule has 1 aliphatic heterocycles. The van der Waals surface area contributed by atoms with Crippen molar-refractivity contribution in [3.63, 3.8) is 0 Å². The largest absolute Gasteiger partial charge is 0.302 e. The van der Waals surface area contributed by atoms with Crippen LogP contribution in [0.5, 0.6) is 0 Å². The zero-order chi connectivity index (χ0) is 22.3. The van der Waals surface area contributed by atoms with Crippen LogP contribution in [0.2, 0.25) is 0 Å². The molecule has 2 heterocycles. The quantitative estimate of drug-likeness (QED) is 0.422. The summed E-state index contributed by atoms with van der Waals surface area (Å²) < 4.78 is 27.4. The summed E-state index contributed by atoms with van der Waals surface area (Å²) in [6.07, 6.45) is 3.81. The molecule has 32 heavy (non-hydrogen) atoms. The van der Waals surface area contributed by atoms with Gasteiger partial charge in [0.2, 0.25) is 15.9 Å². The Balaban J connectivity index is 1.21. The van der Waals surface area contributed by atoms with Crippen LogP contribution in [0.4, 0.5) is 5.13 Å². The van der Waals surface area contributed by atoms with Crippen molar-refractivity contribution in [3.05, 3.63) is 59.0 Å². The number of thioether (sulfide) groups is 1. The lowest BCUT2D eigenvalue weighted by Crippen LogP contribution is -2.41. The maximum atomic E-state index is 12.9. The van der Waals surface area contributed by atoms with Crippen LogP contribution in [0, 0.1) is 5.92 Å². The number of fused-ring (bicyclic) bond motifs is 3. The Morgan fingerprint density at radius 3 is 2.56 bits per heavy atom. The maximum Gasteiger partial charge on any atom is 0.243 e. The molecule has 1 amide bonds. The topological polar surface area (TPSA) is 79.4 Å². The number of sulfonamides is 1. The van der Waals surface area contributed by atoms with E-state index in [0.717, 1.165) is 22.6 Å². The molecule has 166 valence electrons. The number of aromatic nitrogens is 1. The van der Waals surface area contributed by atoms with Crippen molar-refractivity contribution in [1.82, 2.24) is 9.29 Å². The first kappa shape index (κ1) is 21.6. The number of thiazole rings is 1. The highest BCUT2D eigenvalue weighted by atomic mass is 32.2. The Kier molecular flexibility index (Phi) is 5.83. The molecule has 6 nitrogen and oxygen atoms in total. The van der Waals surface area contributed by atoms with Crippen LogP contribution < -0.4 is 5.32 Å². The molecule has 1 fully saturated rings.